The maximum Gasteiger partial charge on any atom is 0.214 e. The van der Waals surface area contributed by atoms with E-state index >= 15 is 0 Å². The van der Waals surface area contributed by atoms with Crippen LogP contribution in [0.1, 0.15) is 37.6 Å². The highest BCUT2D eigenvalue weighted by atomic mass is 32.2. The molecule has 2 heterocycles. The Labute approximate surface area is 126 Å². The summed E-state index contributed by atoms with van der Waals surface area (Å²) in [4.78, 5) is 4.42. The summed E-state index contributed by atoms with van der Waals surface area (Å²) < 4.78 is 33.6. The molecular weight excluding hydrogens is 290 g/mol. The summed E-state index contributed by atoms with van der Waals surface area (Å²) in [6.07, 6.45) is 5.17. The molecular formula is C14H23N3O3S. The third kappa shape index (κ3) is 3.46. The first kappa shape index (κ1) is 15.0. The lowest BCUT2D eigenvalue weighted by Gasteiger charge is -2.19. The number of aryl methyl sites for hydroxylation is 1. The SMILES string of the molecule is CCS(=O)(=O)N1CCCn2cnc(COCC3CC3)c2C1. The van der Waals surface area contributed by atoms with Gasteiger partial charge in [-0.3, -0.25) is 0 Å². The van der Waals surface area contributed by atoms with E-state index in [1.54, 1.807) is 11.2 Å². The number of ether oxygens (including phenoxy) is 1. The fourth-order valence-corrected chi connectivity index (χ4v) is 3.73. The number of fused-ring (bicyclic) bond motifs is 1. The highest BCUT2D eigenvalue weighted by molar-refractivity contribution is 7.89. The molecule has 0 bridgehead atoms. The molecule has 0 aromatic carbocycles. The van der Waals surface area contributed by atoms with Gasteiger partial charge in [0.15, 0.2) is 0 Å². The van der Waals surface area contributed by atoms with Gasteiger partial charge in [-0.15, -0.1) is 0 Å². The van der Waals surface area contributed by atoms with E-state index in [9.17, 15) is 8.42 Å². The van der Waals surface area contributed by atoms with Crippen molar-refractivity contribution >= 4 is 10.0 Å². The topological polar surface area (TPSA) is 64.4 Å². The first-order valence-corrected chi connectivity index (χ1v) is 9.29. The lowest BCUT2D eigenvalue weighted by molar-refractivity contribution is 0.108. The molecule has 2 aliphatic rings. The minimum Gasteiger partial charge on any atom is -0.375 e. The van der Waals surface area contributed by atoms with Crippen molar-refractivity contribution in [1.82, 2.24) is 13.9 Å². The smallest absolute Gasteiger partial charge is 0.214 e. The zero-order chi connectivity index (χ0) is 14.9. The number of aromatic nitrogens is 2. The lowest BCUT2D eigenvalue weighted by Crippen LogP contribution is -2.32. The van der Waals surface area contributed by atoms with Crippen molar-refractivity contribution in [3.8, 4) is 0 Å². The van der Waals surface area contributed by atoms with Gasteiger partial charge in [-0.1, -0.05) is 0 Å². The van der Waals surface area contributed by atoms with Gasteiger partial charge in [-0.05, 0) is 32.1 Å². The summed E-state index contributed by atoms with van der Waals surface area (Å²) in [6, 6.07) is 0. The minimum atomic E-state index is -3.15. The Morgan fingerprint density at radius 1 is 1.38 bits per heavy atom. The van der Waals surface area contributed by atoms with Gasteiger partial charge in [0, 0.05) is 19.7 Å². The summed E-state index contributed by atoms with van der Waals surface area (Å²) in [7, 11) is -3.15. The average Bonchev–Trinajstić information content (AvgIpc) is 3.25. The van der Waals surface area contributed by atoms with Crippen LogP contribution in [-0.2, 0) is 34.5 Å². The third-order valence-electron chi connectivity index (χ3n) is 4.21. The molecule has 0 unspecified atom stereocenters. The molecule has 1 aliphatic heterocycles. The molecule has 0 N–H and O–H groups in total. The van der Waals surface area contributed by atoms with Gasteiger partial charge in [0.2, 0.25) is 10.0 Å². The second-order valence-corrected chi connectivity index (χ2v) is 8.14. The average molecular weight is 313 g/mol. The molecule has 1 fully saturated rings. The molecule has 21 heavy (non-hydrogen) atoms. The zero-order valence-electron chi connectivity index (χ0n) is 12.5. The van der Waals surface area contributed by atoms with Crippen LogP contribution in [0.4, 0.5) is 0 Å². The Balaban J connectivity index is 1.72. The summed E-state index contributed by atoms with van der Waals surface area (Å²) in [5.41, 5.74) is 1.87. The molecule has 0 radical (unpaired) electrons. The standard InChI is InChI=1S/C14H23N3O3S/c1-2-21(18,19)17-7-3-6-16-11-15-13(14(16)8-17)10-20-9-12-4-5-12/h11-12H,2-10H2,1H3. The van der Waals surface area contributed by atoms with E-state index < -0.39 is 10.0 Å². The molecule has 1 aromatic rings. The monoisotopic (exact) mass is 313 g/mol. The van der Waals surface area contributed by atoms with Crippen molar-refractivity contribution in [1.29, 1.82) is 0 Å². The number of hydrogen-bond acceptors (Lipinski definition) is 4. The Bertz CT molecular complexity index is 593. The quantitative estimate of drug-likeness (QED) is 0.795. The minimum absolute atomic E-state index is 0.147. The maximum atomic E-state index is 12.1. The molecule has 118 valence electrons. The van der Waals surface area contributed by atoms with Crippen molar-refractivity contribution < 1.29 is 13.2 Å². The highest BCUT2D eigenvalue weighted by Gasteiger charge is 2.26. The molecule has 3 rings (SSSR count). The molecule has 1 saturated carbocycles. The van der Waals surface area contributed by atoms with E-state index in [1.165, 1.54) is 12.8 Å². The van der Waals surface area contributed by atoms with Gasteiger partial charge in [-0.25, -0.2) is 13.4 Å². The van der Waals surface area contributed by atoms with Crippen LogP contribution in [0.2, 0.25) is 0 Å². The highest BCUT2D eigenvalue weighted by Crippen LogP contribution is 2.29. The summed E-state index contributed by atoms with van der Waals surface area (Å²) in [6.45, 7) is 4.79. The Hall–Kier alpha value is -0.920. The van der Waals surface area contributed by atoms with Gasteiger partial charge in [0.1, 0.15) is 0 Å². The molecule has 6 nitrogen and oxygen atoms in total. The maximum absolute atomic E-state index is 12.1. The van der Waals surface area contributed by atoms with Crippen LogP contribution < -0.4 is 0 Å². The fourth-order valence-electron chi connectivity index (χ4n) is 2.64. The Morgan fingerprint density at radius 2 is 2.19 bits per heavy atom. The first-order valence-electron chi connectivity index (χ1n) is 7.68. The summed E-state index contributed by atoms with van der Waals surface area (Å²) in [5.74, 6) is 0.873. The second-order valence-electron chi connectivity index (χ2n) is 5.88. The van der Waals surface area contributed by atoms with Crippen molar-refractivity contribution in [3.05, 3.63) is 17.7 Å². The van der Waals surface area contributed by atoms with Crippen LogP contribution in [0.25, 0.3) is 0 Å². The number of sulfonamides is 1. The molecule has 0 atom stereocenters. The van der Waals surface area contributed by atoms with E-state index in [4.69, 9.17) is 4.74 Å². The van der Waals surface area contributed by atoms with E-state index in [0.29, 0.717) is 19.7 Å². The van der Waals surface area contributed by atoms with E-state index in [1.807, 2.05) is 6.33 Å². The normalized spacial score (nSPS) is 20.2. The van der Waals surface area contributed by atoms with E-state index in [-0.39, 0.29) is 5.75 Å². The van der Waals surface area contributed by atoms with Crippen molar-refractivity contribution in [3.63, 3.8) is 0 Å². The molecule has 1 aromatic heterocycles. The van der Waals surface area contributed by atoms with Gasteiger partial charge in [-0.2, -0.15) is 4.31 Å². The lowest BCUT2D eigenvalue weighted by atomic mass is 10.3. The Morgan fingerprint density at radius 3 is 2.90 bits per heavy atom. The molecule has 1 aliphatic carbocycles. The van der Waals surface area contributed by atoms with Crippen molar-refractivity contribution in [2.24, 2.45) is 5.92 Å². The van der Waals surface area contributed by atoms with Crippen LogP contribution in [0.3, 0.4) is 0 Å². The van der Waals surface area contributed by atoms with Crippen molar-refractivity contribution in [2.45, 2.75) is 45.9 Å². The van der Waals surface area contributed by atoms with Crippen LogP contribution in [0.15, 0.2) is 6.33 Å². The second kappa shape index (κ2) is 6.06. The van der Waals surface area contributed by atoms with Crippen LogP contribution in [-0.4, -0.2) is 41.2 Å². The number of hydrogen-bond donors (Lipinski definition) is 0. The van der Waals surface area contributed by atoms with Gasteiger partial charge in [0.05, 0.1) is 36.6 Å². The van der Waals surface area contributed by atoms with E-state index in [0.717, 1.165) is 36.9 Å². The molecule has 0 amide bonds. The molecule has 0 saturated heterocycles. The number of nitrogens with zero attached hydrogens (tertiary/aromatic N) is 3. The van der Waals surface area contributed by atoms with Crippen LogP contribution >= 0.6 is 0 Å². The first-order chi connectivity index (χ1) is 10.1. The fraction of sp³-hybridized carbons (Fsp3) is 0.786. The van der Waals surface area contributed by atoms with Crippen LogP contribution in [0, 0.1) is 5.92 Å². The third-order valence-corrected chi connectivity index (χ3v) is 6.04. The van der Waals surface area contributed by atoms with E-state index in [2.05, 4.69) is 9.55 Å². The number of rotatable bonds is 6. The van der Waals surface area contributed by atoms with Gasteiger partial charge >= 0.3 is 0 Å². The predicted molar refractivity (Wildman–Crippen MR) is 79.1 cm³/mol. The molecule has 0 spiro atoms. The van der Waals surface area contributed by atoms with Gasteiger partial charge < -0.3 is 9.30 Å². The van der Waals surface area contributed by atoms with Gasteiger partial charge in [0.25, 0.3) is 0 Å². The zero-order valence-corrected chi connectivity index (χ0v) is 13.3. The van der Waals surface area contributed by atoms with Crippen molar-refractivity contribution in [2.75, 3.05) is 18.9 Å². The predicted octanol–water partition coefficient (Wildman–Crippen LogP) is 1.37. The summed E-state index contributed by atoms with van der Waals surface area (Å²) >= 11 is 0. The summed E-state index contributed by atoms with van der Waals surface area (Å²) in [5, 5.41) is 0. The number of imidazole rings is 1. The van der Waals surface area contributed by atoms with Crippen LogP contribution in [0.5, 0.6) is 0 Å². The Kier molecular flexibility index (Phi) is 4.33. The molecule has 7 heteroatoms. The largest absolute Gasteiger partial charge is 0.375 e.